The third-order valence-electron chi connectivity index (χ3n) is 3.27. The zero-order valence-electron chi connectivity index (χ0n) is 11.0. The van der Waals surface area contributed by atoms with Crippen molar-refractivity contribution in [3.8, 4) is 0 Å². The number of hydrogen-bond donors (Lipinski definition) is 0. The van der Waals surface area contributed by atoms with Gasteiger partial charge in [-0.1, -0.05) is 24.7 Å². The summed E-state index contributed by atoms with van der Waals surface area (Å²) in [6.07, 6.45) is 4.00. The lowest BCUT2D eigenvalue weighted by Crippen LogP contribution is -2.20. The number of aryl methyl sites for hydroxylation is 1. The van der Waals surface area contributed by atoms with Gasteiger partial charge in [0.05, 0.1) is 17.2 Å². The van der Waals surface area contributed by atoms with Crippen molar-refractivity contribution in [1.82, 2.24) is 4.98 Å². The Morgan fingerprint density at radius 2 is 2.44 bits per heavy atom. The van der Waals surface area contributed by atoms with Crippen molar-refractivity contribution in [2.75, 3.05) is 31.7 Å². The Morgan fingerprint density at radius 3 is 3.11 bits per heavy atom. The highest BCUT2D eigenvalue weighted by atomic mass is 32.1. The molecule has 0 radical (unpaired) electrons. The second-order valence-electron chi connectivity index (χ2n) is 4.73. The fourth-order valence-corrected chi connectivity index (χ4v) is 3.33. The molecule has 1 aromatic rings. The molecule has 0 saturated carbocycles. The van der Waals surface area contributed by atoms with E-state index in [4.69, 9.17) is 4.74 Å². The van der Waals surface area contributed by atoms with Crippen LogP contribution in [0.3, 0.4) is 0 Å². The van der Waals surface area contributed by atoms with E-state index >= 15 is 0 Å². The van der Waals surface area contributed by atoms with E-state index in [0.29, 0.717) is 5.92 Å². The van der Waals surface area contributed by atoms with Crippen molar-refractivity contribution in [2.45, 2.75) is 26.2 Å². The number of nitrogens with zero attached hydrogens (tertiary/aromatic N) is 2. The SMILES string of the molecule is CCCc1nc(N2CCC(COC)C2)sc1C=O. The summed E-state index contributed by atoms with van der Waals surface area (Å²) in [5, 5.41) is 0.999. The van der Waals surface area contributed by atoms with Gasteiger partial charge in [0.2, 0.25) is 0 Å². The van der Waals surface area contributed by atoms with Gasteiger partial charge in [-0.2, -0.15) is 0 Å². The van der Waals surface area contributed by atoms with Crippen molar-refractivity contribution in [3.63, 3.8) is 0 Å². The topological polar surface area (TPSA) is 42.4 Å². The maximum atomic E-state index is 11.0. The van der Waals surface area contributed by atoms with Gasteiger partial charge in [0.1, 0.15) is 0 Å². The quantitative estimate of drug-likeness (QED) is 0.743. The van der Waals surface area contributed by atoms with Gasteiger partial charge in [0, 0.05) is 26.1 Å². The molecule has 0 aromatic carbocycles. The molecule has 0 amide bonds. The molecular weight excluding hydrogens is 248 g/mol. The zero-order valence-corrected chi connectivity index (χ0v) is 11.8. The third kappa shape index (κ3) is 2.90. The van der Waals surface area contributed by atoms with E-state index in [1.54, 1.807) is 7.11 Å². The normalized spacial score (nSPS) is 19.4. The zero-order chi connectivity index (χ0) is 13.0. The molecule has 1 aromatic heterocycles. The number of carbonyl (C=O) groups excluding carboxylic acids is 1. The Balaban J connectivity index is 2.07. The molecule has 5 heteroatoms. The van der Waals surface area contributed by atoms with E-state index in [0.717, 1.165) is 60.9 Å². The Bertz CT molecular complexity index is 406. The minimum absolute atomic E-state index is 0.591. The molecular formula is C13H20N2O2S. The van der Waals surface area contributed by atoms with Crippen LogP contribution in [-0.2, 0) is 11.2 Å². The molecule has 4 nitrogen and oxygen atoms in total. The number of aldehydes is 1. The van der Waals surface area contributed by atoms with Crippen LogP contribution in [-0.4, -0.2) is 38.1 Å². The van der Waals surface area contributed by atoms with E-state index in [2.05, 4.69) is 16.8 Å². The highest BCUT2D eigenvalue weighted by Crippen LogP contribution is 2.30. The summed E-state index contributed by atoms with van der Waals surface area (Å²) in [5.41, 5.74) is 0.961. The van der Waals surface area contributed by atoms with Crippen LogP contribution in [0.15, 0.2) is 0 Å². The van der Waals surface area contributed by atoms with Gasteiger partial charge in [0.15, 0.2) is 11.4 Å². The molecule has 1 saturated heterocycles. The molecule has 1 atom stereocenters. The summed E-state index contributed by atoms with van der Waals surface area (Å²) in [7, 11) is 1.75. The number of ether oxygens (including phenoxy) is 1. The molecule has 0 bridgehead atoms. The monoisotopic (exact) mass is 268 g/mol. The predicted octanol–water partition coefficient (Wildman–Crippen LogP) is 2.38. The van der Waals surface area contributed by atoms with E-state index < -0.39 is 0 Å². The average molecular weight is 268 g/mol. The first kappa shape index (κ1) is 13.5. The molecule has 1 unspecified atom stereocenters. The average Bonchev–Trinajstić information content (AvgIpc) is 2.96. The first-order valence-corrected chi connectivity index (χ1v) is 7.28. The summed E-state index contributed by atoms with van der Waals surface area (Å²) < 4.78 is 5.20. The second kappa shape index (κ2) is 6.29. The first-order valence-electron chi connectivity index (χ1n) is 6.47. The number of carbonyl (C=O) groups is 1. The van der Waals surface area contributed by atoms with E-state index in [9.17, 15) is 4.79 Å². The minimum Gasteiger partial charge on any atom is -0.384 e. The van der Waals surface area contributed by atoms with Crippen molar-refractivity contribution in [1.29, 1.82) is 0 Å². The smallest absolute Gasteiger partial charge is 0.186 e. The van der Waals surface area contributed by atoms with Gasteiger partial charge in [-0.25, -0.2) is 4.98 Å². The number of hydrogen-bond acceptors (Lipinski definition) is 5. The van der Waals surface area contributed by atoms with E-state index in [1.165, 1.54) is 11.3 Å². The number of rotatable bonds is 6. The van der Waals surface area contributed by atoms with Gasteiger partial charge in [-0.05, 0) is 12.8 Å². The highest BCUT2D eigenvalue weighted by Gasteiger charge is 2.25. The number of thiazole rings is 1. The fraction of sp³-hybridized carbons (Fsp3) is 0.692. The summed E-state index contributed by atoms with van der Waals surface area (Å²) in [6.45, 7) is 4.93. The summed E-state index contributed by atoms with van der Waals surface area (Å²) in [5.74, 6) is 0.591. The van der Waals surface area contributed by atoms with Crippen LogP contribution in [0.5, 0.6) is 0 Å². The van der Waals surface area contributed by atoms with Crippen LogP contribution < -0.4 is 4.90 Å². The molecule has 1 aliphatic rings. The van der Waals surface area contributed by atoms with E-state index in [-0.39, 0.29) is 0 Å². The van der Waals surface area contributed by atoms with Gasteiger partial charge < -0.3 is 9.64 Å². The van der Waals surface area contributed by atoms with Crippen LogP contribution in [0, 0.1) is 5.92 Å². The molecule has 2 heterocycles. The number of aromatic nitrogens is 1. The summed E-state index contributed by atoms with van der Waals surface area (Å²) in [6, 6.07) is 0. The first-order chi connectivity index (χ1) is 8.78. The lowest BCUT2D eigenvalue weighted by Gasteiger charge is -2.14. The van der Waals surface area contributed by atoms with Crippen LogP contribution >= 0.6 is 11.3 Å². The van der Waals surface area contributed by atoms with Crippen molar-refractivity contribution in [3.05, 3.63) is 10.6 Å². The molecule has 1 fully saturated rings. The van der Waals surface area contributed by atoms with Gasteiger partial charge in [-0.15, -0.1) is 0 Å². The van der Waals surface area contributed by atoms with Gasteiger partial charge >= 0.3 is 0 Å². The Kier molecular flexibility index (Phi) is 4.72. The minimum atomic E-state index is 0.591. The standard InChI is InChI=1S/C13H20N2O2S/c1-3-4-11-12(8-16)18-13(14-11)15-6-5-10(7-15)9-17-2/h8,10H,3-7,9H2,1-2H3. The predicted molar refractivity (Wildman–Crippen MR) is 73.7 cm³/mol. The Morgan fingerprint density at radius 1 is 1.61 bits per heavy atom. The largest absolute Gasteiger partial charge is 0.384 e. The molecule has 0 N–H and O–H groups in total. The molecule has 0 aliphatic carbocycles. The van der Waals surface area contributed by atoms with Crippen molar-refractivity contribution in [2.24, 2.45) is 5.92 Å². The number of methoxy groups -OCH3 is 1. The van der Waals surface area contributed by atoms with E-state index in [1.807, 2.05) is 0 Å². The van der Waals surface area contributed by atoms with Crippen LogP contribution in [0.1, 0.15) is 35.1 Å². The third-order valence-corrected chi connectivity index (χ3v) is 4.35. The Labute approximate surface area is 112 Å². The van der Waals surface area contributed by atoms with Crippen LogP contribution in [0.25, 0.3) is 0 Å². The highest BCUT2D eigenvalue weighted by molar-refractivity contribution is 7.17. The lowest BCUT2D eigenvalue weighted by molar-refractivity contribution is 0.112. The number of anilines is 1. The van der Waals surface area contributed by atoms with Crippen LogP contribution in [0.4, 0.5) is 5.13 Å². The Hall–Kier alpha value is -0.940. The van der Waals surface area contributed by atoms with Crippen molar-refractivity contribution >= 4 is 22.8 Å². The van der Waals surface area contributed by atoms with Crippen LogP contribution in [0.2, 0.25) is 0 Å². The summed E-state index contributed by atoms with van der Waals surface area (Å²) >= 11 is 1.52. The van der Waals surface area contributed by atoms with Gasteiger partial charge in [-0.3, -0.25) is 4.79 Å². The molecule has 0 spiro atoms. The lowest BCUT2D eigenvalue weighted by atomic mass is 10.1. The molecule has 100 valence electrons. The van der Waals surface area contributed by atoms with Gasteiger partial charge in [0.25, 0.3) is 0 Å². The maximum Gasteiger partial charge on any atom is 0.186 e. The fourth-order valence-electron chi connectivity index (χ4n) is 2.37. The maximum absolute atomic E-state index is 11.0. The summed E-state index contributed by atoms with van der Waals surface area (Å²) in [4.78, 5) is 18.7. The molecule has 1 aliphatic heterocycles. The second-order valence-corrected chi connectivity index (χ2v) is 5.74. The molecule has 18 heavy (non-hydrogen) atoms. The van der Waals surface area contributed by atoms with Crippen molar-refractivity contribution < 1.29 is 9.53 Å². The molecule has 2 rings (SSSR count).